The van der Waals surface area contributed by atoms with Gasteiger partial charge in [0, 0.05) is 13.1 Å². The second kappa shape index (κ2) is 5.16. The molecule has 0 atom stereocenters. The summed E-state index contributed by atoms with van der Waals surface area (Å²) in [6.45, 7) is 3.43. The molecule has 1 aromatic rings. The van der Waals surface area contributed by atoms with Crippen LogP contribution in [0.2, 0.25) is 0 Å². The Balaban J connectivity index is 2.28. The maximum absolute atomic E-state index is 11.1. The van der Waals surface area contributed by atoms with E-state index in [4.69, 9.17) is 5.73 Å². The zero-order valence-corrected chi connectivity index (χ0v) is 10.4. The Morgan fingerprint density at radius 1 is 1.56 bits per heavy atom. The highest BCUT2D eigenvalue weighted by Crippen LogP contribution is 2.33. The Hall–Kier alpha value is -1.92. The van der Waals surface area contributed by atoms with Gasteiger partial charge in [-0.25, -0.2) is 9.97 Å². The molecule has 1 aliphatic carbocycles. The summed E-state index contributed by atoms with van der Waals surface area (Å²) >= 11 is 0. The molecule has 0 unspecified atom stereocenters. The van der Waals surface area contributed by atoms with E-state index < -0.39 is 4.92 Å². The molecule has 1 heterocycles. The van der Waals surface area contributed by atoms with Crippen molar-refractivity contribution in [3.05, 3.63) is 16.4 Å². The van der Waals surface area contributed by atoms with Gasteiger partial charge in [0.25, 0.3) is 0 Å². The molecule has 0 spiro atoms. The van der Waals surface area contributed by atoms with E-state index in [0.29, 0.717) is 18.3 Å². The Bertz CT molecular complexity index is 447. The first-order chi connectivity index (χ1) is 8.63. The highest BCUT2D eigenvalue weighted by atomic mass is 16.6. The summed E-state index contributed by atoms with van der Waals surface area (Å²) in [5, 5.41) is 11.1. The van der Waals surface area contributed by atoms with Crippen LogP contribution >= 0.6 is 0 Å². The second-order valence-corrected chi connectivity index (χ2v) is 4.52. The van der Waals surface area contributed by atoms with Crippen molar-refractivity contribution < 1.29 is 4.92 Å². The van der Waals surface area contributed by atoms with Gasteiger partial charge in [-0.3, -0.25) is 10.1 Å². The van der Waals surface area contributed by atoms with Crippen LogP contribution in [0.4, 0.5) is 17.3 Å². The third-order valence-electron chi connectivity index (χ3n) is 3.40. The molecule has 98 valence electrons. The van der Waals surface area contributed by atoms with Gasteiger partial charge < -0.3 is 10.6 Å². The van der Waals surface area contributed by atoms with Crippen molar-refractivity contribution in [3.63, 3.8) is 0 Å². The number of rotatable bonds is 5. The molecule has 0 radical (unpaired) electrons. The van der Waals surface area contributed by atoms with Crippen LogP contribution in [-0.4, -0.2) is 28.0 Å². The normalized spacial score (nSPS) is 15.2. The zero-order valence-electron chi connectivity index (χ0n) is 10.4. The molecule has 0 bridgehead atoms. The molecular weight excluding hydrogens is 234 g/mol. The van der Waals surface area contributed by atoms with E-state index in [0.717, 1.165) is 6.54 Å². The lowest BCUT2D eigenvalue weighted by atomic mass is 9.85. The van der Waals surface area contributed by atoms with E-state index >= 15 is 0 Å². The van der Waals surface area contributed by atoms with Crippen molar-refractivity contribution in [2.45, 2.75) is 26.2 Å². The predicted octanol–water partition coefficient (Wildman–Crippen LogP) is 1.59. The largest absolute Gasteiger partial charge is 0.378 e. The highest BCUT2D eigenvalue weighted by Gasteiger charge is 2.28. The van der Waals surface area contributed by atoms with E-state index in [9.17, 15) is 10.1 Å². The lowest BCUT2D eigenvalue weighted by Crippen LogP contribution is -2.33. The van der Waals surface area contributed by atoms with Gasteiger partial charge in [-0.05, 0) is 25.7 Å². The lowest BCUT2D eigenvalue weighted by molar-refractivity contribution is -0.383. The number of nitrogen functional groups attached to an aromatic ring is 1. The number of nitrogens with two attached hydrogens (primary N) is 1. The van der Waals surface area contributed by atoms with E-state index in [1.807, 2.05) is 11.8 Å². The van der Waals surface area contributed by atoms with Gasteiger partial charge in [-0.15, -0.1) is 0 Å². The first-order valence-electron chi connectivity index (χ1n) is 6.13. The van der Waals surface area contributed by atoms with Crippen LogP contribution in [0.1, 0.15) is 26.2 Å². The van der Waals surface area contributed by atoms with Gasteiger partial charge in [0.2, 0.25) is 11.6 Å². The SMILES string of the molecule is CCN(CC1CCC1)c1ncnc(N)c1[N+](=O)[O-]. The van der Waals surface area contributed by atoms with E-state index in [1.165, 1.54) is 25.6 Å². The van der Waals surface area contributed by atoms with Gasteiger partial charge in [-0.1, -0.05) is 6.42 Å². The molecule has 0 saturated heterocycles. The first kappa shape index (κ1) is 12.5. The monoisotopic (exact) mass is 251 g/mol. The average Bonchev–Trinajstić information content (AvgIpc) is 2.27. The fraction of sp³-hybridized carbons (Fsp3) is 0.636. The fourth-order valence-corrected chi connectivity index (χ4v) is 2.14. The molecule has 0 aromatic carbocycles. The highest BCUT2D eigenvalue weighted by molar-refractivity contribution is 5.68. The summed E-state index contributed by atoms with van der Waals surface area (Å²) in [4.78, 5) is 20.2. The molecule has 2 N–H and O–H groups in total. The summed E-state index contributed by atoms with van der Waals surface area (Å²) in [6, 6.07) is 0. The zero-order chi connectivity index (χ0) is 13.1. The summed E-state index contributed by atoms with van der Waals surface area (Å²) < 4.78 is 0. The number of nitrogens with zero attached hydrogens (tertiary/aromatic N) is 4. The minimum atomic E-state index is -0.506. The van der Waals surface area contributed by atoms with Crippen molar-refractivity contribution in [1.82, 2.24) is 9.97 Å². The van der Waals surface area contributed by atoms with Gasteiger partial charge >= 0.3 is 5.69 Å². The van der Waals surface area contributed by atoms with Crippen LogP contribution < -0.4 is 10.6 Å². The van der Waals surface area contributed by atoms with E-state index in [-0.39, 0.29) is 11.5 Å². The topological polar surface area (TPSA) is 98.2 Å². The predicted molar refractivity (Wildman–Crippen MR) is 68.3 cm³/mol. The minimum Gasteiger partial charge on any atom is -0.378 e. The van der Waals surface area contributed by atoms with Gasteiger partial charge in [0.1, 0.15) is 6.33 Å². The number of nitro groups is 1. The third-order valence-corrected chi connectivity index (χ3v) is 3.40. The Morgan fingerprint density at radius 3 is 2.78 bits per heavy atom. The van der Waals surface area contributed by atoms with Gasteiger partial charge in [0.05, 0.1) is 4.92 Å². The molecule has 7 heteroatoms. The van der Waals surface area contributed by atoms with Crippen LogP contribution in [-0.2, 0) is 0 Å². The maximum atomic E-state index is 11.1. The second-order valence-electron chi connectivity index (χ2n) is 4.52. The first-order valence-corrected chi connectivity index (χ1v) is 6.13. The number of hydrogen-bond acceptors (Lipinski definition) is 6. The van der Waals surface area contributed by atoms with Crippen LogP contribution in [0.15, 0.2) is 6.33 Å². The van der Waals surface area contributed by atoms with Crippen molar-refractivity contribution >= 4 is 17.3 Å². The molecule has 1 aromatic heterocycles. The van der Waals surface area contributed by atoms with Crippen molar-refractivity contribution in [3.8, 4) is 0 Å². The number of aromatic nitrogens is 2. The Morgan fingerprint density at radius 2 is 2.28 bits per heavy atom. The third kappa shape index (κ3) is 2.34. The summed E-state index contributed by atoms with van der Waals surface area (Å²) in [7, 11) is 0. The van der Waals surface area contributed by atoms with Crippen molar-refractivity contribution in [2.24, 2.45) is 5.92 Å². The lowest BCUT2D eigenvalue weighted by Gasteiger charge is -2.32. The van der Waals surface area contributed by atoms with Crippen LogP contribution in [0.5, 0.6) is 0 Å². The van der Waals surface area contributed by atoms with Crippen molar-refractivity contribution in [1.29, 1.82) is 0 Å². The molecule has 7 nitrogen and oxygen atoms in total. The molecule has 1 fully saturated rings. The van der Waals surface area contributed by atoms with Crippen LogP contribution in [0, 0.1) is 16.0 Å². The smallest absolute Gasteiger partial charge is 0.353 e. The number of hydrogen-bond donors (Lipinski definition) is 1. The molecule has 0 aliphatic heterocycles. The quantitative estimate of drug-likeness (QED) is 0.630. The van der Waals surface area contributed by atoms with Gasteiger partial charge in [0.15, 0.2) is 0 Å². The summed E-state index contributed by atoms with van der Waals surface area (Å²) in [5.74, 6) is 0.875. The van der Waals surface area contributed by atoms with E-state index in [2.05, 4.69) is 9.97 Å². The Kier molecular flexibility index (Phi) is 3.59. The van der Waals surface area contributed by atoms with Gasteiger partial charge in [-0.2, -0.15) is 0 Å². The van der Waals surface area contributed by atoms with Crippen molar-refractivity contribution in [2.75, 3.05) is 23.7 Å². The summed E-state index contributed by atoms with van der Waals surface area (Å²) in [6.07, 6.45) is 4.90. The molecule has 1 saturated carbocycles. The molecule has 18 heavy (non-hydrogen) atoms. The van der Waals surface area contributed by atoms with E-state index in [1.54, 1.807) is 0 Å². The molecule has 0 amide bonds. The average molecular weight is 251 g/mol. The molecular formula is C11H17N5O2. The molecule has 1 aliphatic rings. The maximum Gasteiger partial charge on any atom is 0.353 e. The minimum absolute atomic E-state index is 0.0722. The van der Waals surface area contributed by atoms with Crippen LogP contribution in [0.3, 0.4) is 0 Å². The number of anilines is 2. The standard InChI is InChI=1S/C11H17N5O2/c1-2-15(6-8-4-3-5-8)11-9(16(17)18)10(12)13-7-14-11/h7-8H,2-6H2,1H3,(H2,12,13,14). The Labute approximate surface area is 105 Å². The summed E-state index contributed by atoms with van der Waals surface area (Å²) in [5.41, 5.74) is 5.39. The van der Waals surface area contributed by atoms with Crippen LogP contribution in [0.25, 0.3) is 0 Å². The fourth-order valence-electron chi connectivity index (χ4n) is 2.14. The molecule has 2 rings (SSSR count).